The number of aromatic amines is 1. The second-order valence-corrected chi connectivity index (χ2v) is 5.94. The largest absolute Gasteiger partial charge is 1.00 e. The van der Waals surface area contributed by atoms with Crippen molar-refractivity contribution in [2.45, 2.75) is 25.7 Å². The molecule has 24 heavy (non-hydrogen) atoms. The fourth-order valence-electron chi connectivity index (χ4n) is 3.16. The first kappa shape index (κ1) is 17.6. The number of carbonyl (C=O) groups is 1. The van der Waals surface area contributed by atoms with Gasteiger partial charge in [0.25, 0.3) is 5.56 Å². The van der Waals surface area contributed by atoms with Crippen molar-refractivity contribution < 1.29 is 61.3 Å². The van der Waals surface area contributed by atoms with Gasteiger partial charge in [0.15, 0.2) is 0 Å². The number of hydrogen-bond acceptors (Lipinski definition) is 4. The Kier molecular flexibility index (Phi) is 4.81. The predicted molar refractivity (Wildman–Crippen MR) is 82.3 cm³/mol. The zero-order chi connectivity index (χ0) is 16.1. The number of aromatic carboxylic acids is 1. The number of rotatable bonds is 3. The van der Waals surface area contributed by atoms with Crippen LogP contribution in [0.1, 0.15) is 40.2 Å². The van der Waals surface area contributed by atoms with E-state index in [0.717, 1.165) is 40.6 Å². The summed E-state index contributed by atoms with van der Waals surface area (Å²) in [5.74, 6) is -1.12. The minimum atomic E-state index is -1.43. The molecule has 0 spiro atoms. The molecule has 0 aliphatic heterocycles. The van der Waals surface area contributed by atoms with Crippen LogP contribution in [0.5, 0.6) is 0 Å². The minimum absolute atomic E-state index is 0. The number of carboxylic acid groups (broad SMARTS) is 1. The van der Waals surface area contributed by atoms with Crippen molar-refractivity contribution in [3.8, 4) is 11.1 Å². The van der Waals surface area contributed by atoms with Crippen LogP contribution in [-0.2, 0) is 0 Å². The Balaban J connectivity index is 0.00000169. The molecule has 1 N–H and O–H groups in total. The Morgan fingerprint density at radius 2 is 2.17 bits per heavy atom. The maximum absolute atomic E-state index is 12.4. The van der Waals surface area contributed by atoms with E-state index < -0.39 is 11.5 Å². The van der Waals surface area contributed by atoms with Crippen LogP contribution in [0.2, 0.25) is 0 Å². The van der Waals surface area contributed by atoms with Crippen molar-refractivity contribution in [2.24, 2.45) is 0 Å². The van der Waals surface area contributed by atoms with E-state index >= 15 is 0 Å². The summed E-state index contributed by atoms with van der Waals surface area (Å²) in [6.07, 6.45) is 7.17. The zero-order valence-corrected chi connectivity index (χ0v) is 16.6. The first-order chi connectivity index (χ1) is 11.1. The Morgan fingerprint density at radius 1 is 1.42 bits per heavy atom. The van der Waals surface area contributed by atoms with Crippen LogP contribution in [0.15, 0.2) is 35.5 Å². The molecule has 4 rings (SSSR count). The summed E-state index contributed by atoms with van der Waals surface area (Å²) in [4.78, 5) is 23.7. The molecular weight excluding hydrogens is 333 g/mol. The third-order valence-corrected chi connectivity index (χ3v) is 4.46. The van der Waals surface area contributed by atoms with Gasteiger partial charge in [0.05, 0.1) is 23.2 Å². The summed E-state index contributed by atoms with van der Waals surface area (Å²) in [7, 11) is 0. The number of aromatic nitrogens is 3. The molecule has 0 bridgehead atoms. The smallest absolute Gasteiger partial charge is 0.545 e. The maximum atomic E-state index is 12.4. The summed E-state index contributed by atoms with van der Waals surface area (Å²) >= 11 is 0. The van der Waals surface area contributed by atoms with E-state index in [4.69, 9.17) is 0 Å². The van der Waals surface area contributed by atoms with E-state index in [1.54, 1.807) is 18.6 Å². The molecule has 3 aromatic heterocycles. The molecule has 3 aromatic rings. The molecule has 3 heterocycles. The van der Waals surface area contributed by atoms with Gasteiger partial charge in [-0.3, -0.25) is 14.3 Å². The third-order valence-electron chi connectivity index (χ3n) is 4.46. The van der Waals surface area contributed by atoms with Crippen LogP contribution in [0.25, 0.3) is 16.6 Å². The predicted octanol–water partition coefficient (Wildman–Crippen LogP) is -1.76. The third kappa shape index (κ3) is 2.80. The van der Waals surface area contributed by atoms with Gasteiger partial charge in [0.1, 0.15) is 0 Å². The van der Waals surface area contributed by atoms with Crippen LogP contribution >= 0.6 is 0 Å². The summed E-state index contributed by atoms with van der Waals surface area (Å²) < 4.78 is 1.43. The van der Waals surface area contributed by atoms with Crippen molar-refractivity contribution in [1.29, 1.82) is 0 Å². The number of hydrogen-bond donors (Lipinski definition) is 1. The van der Waals surface area contributed by atoms with Crippen LogP contribution in [-0.4, -0.2) is 20.6 Å². The van der Waals surface area contributed by atoms with Gasteiger partial charge in [0, 0.05) is 18.0 Å². The molecule has 1 saturated carbocycles. The van der Waals surface area contributed by atoms with E-state index in [9.17, 15) is 14.7 Å². The molecule has 6 nitrogen and oxygen atoms in total. The van der Waals surface area contributed by atoms with Gasteiger partial charge in [-0.1, -0.05) is 0 Å². The Bertz CT molecular complexity index is 988. The summed E-state index contributed by atoms with van der Waals surface area (Å²) in [5, 5.41) is 18.0. The molecule has 0 radical (unpaired) electrons. The Hall–Kier alpha value is -1.25. The topological polar surface area (TPSA) is 90.3 Å². The average molecular weight is 347 g/mol. The SMILES string of the molecule is Cc1c(-c2cn[nH]c2)ccn2c(=O)c(C(=O)[O-])cc(C3CC3)c12.[K+]. The van der Waals surface area contributed by atoms with Crippen molar-refractivity contribution in [2.75, 3.05) is 0 Å². The van der Waals surface area contributed by atoms with E-state index in [0.29, 0.717) is 5.92 Å². The van der Waals surface area contributed by atoms with Gasteiger partial charge in [-0.2, -0.15) is 5.10 Å². The van der Waals surface area contributed by atoms with Crippen LogP contribution in [0, 0.1) is 6.92 Å². The standard InChI is InChI=1S/C17H15N3O3.K/c1-9-12(11-7-18-19-8-11)4-5-20-15(9)13(10-2-3-10)6-14(16(20)21)17(22)23;/h4-8,10H,2-3H2,1H3,(H,18,19)(H,22,23);/q;+1/p-1. The molecular formula is C17H14KN3O3. The molecule has 1 aliphatic rings. The average Bonchev–Trinajstić information content (AvgIpc) is 3.22. The zero-order valence-electron chi connectivity index (χ0n) is 13.5. The van der Waals surface area contributed by atoms with Crippen molar-refractivity contribution in [1.82, 2.24) is 14.6 Å². The van der Waals surface area contributed by atoms with Gasteiger partial charge in [-0.25, -0.2) is 0 Å². The van der Waals surface area contributed by atoms with Gasteiger partial charge < -0.3 is 9.90 Å². The summed E-state index contributed by atoms with van der Waals surface area (Å²) in [6.45, 7) is 1.95. The molecule has 116 valence electrons. The normalized spacial score (nSPS) is 13.7. The van der Waals surface area contributed by atoms with Crippen molar-refractivity contribution >= 4 is 11.5 Å². The number of aryl methyl sites for hydroxylation is 1. The van der Waals surface area contributed by atoms with Gasteiger partial charge in [0.2, 0.25) is 0 Å². The van der Waals surface area contributed by atoms with Gasteiger partial charge in [-0.15, -0.1) is 0 Å². The van der Waals surface area contributed by atoms with E-state index in [1.807, 2.05) is 13.0 Å². The maximum Gasteiger partial charge on any atom is 1.00 e. The number of nitrogens with zero attached hydrogens (tertiary/aromatic N) is 2. The second-order valence-electron chi connectivity index (χ2n) is 5.94. The molecule has 0 unspecified atom stereocenters. The molecule has 0 amide bonds. The fraction of sp³-hybridized carbons (Fsp3) is 0.235. The molecule has 0 aromatic carbocycles. The number of carbonyl (C=O) groups excluding carboxylic acids is 1. The first-order valence-corrected chi connectivity index (χ1v) is 7.47. The molecule has 1 aliphatic carbocycles. The molecule has 7 heteroatoms. The Labute approximate surface area is 180 Å². The van der Waals surface area contributed by atoms with E-state index in [2.05, 4.69) is 10.2 Å². The number of pyridine rings is 2. The number of fused-ring (bicyclic) bond motifs is 1. The fourth-order valence-corrected chi connectivity index (χ4v) is 3.16. The van der Waals surface area contributed by atoms with Crippen molar-refractivity contribution in [3.05, 3.63) is 57.8 Å². The summed E-state index contributed by atoms with van der Waals surface area (Å²) in [5.41, 5.74) is 3.72. The Morgan fingerprint density at radius 3 is 2.75 bits per heavy atom. The van der Waals surface area contributed by atoms with Gasteiger partial charge in [-0.05, 0) is 54.5 Å². The first-order valence-electron chi connectivity index (χ1n) is 7.47. The molecule has 1 fully saturated rings. The molecule has 0 saturated heterocycles. The van der Waals surface area contributed by atoms with Gasteiger partial charge >= 0.3 is 51.4 Å². The number of carboxylic acids is 1. The van der Waals surface area contributed by atoms with E-state index in [1.165, 1.54) is 10.5 Å². The van der Waals surface area contributed by atoms with Crippen LogP contribution in [0.4, 0.5) is 0 Å². The monoisotopic (exact) mass is 347 g/mol. The van der Waals surface area contributed by atoms with Crippen LogP contribution in [0.3, 0.4) is 0 Å². The number of H-pyrrole nitrogens is 1. The minimum Gasteiger partial charge on any atom is -0.545 e. The molecule has 0 atom stereocenters. The van der Waals surface area contributed by atoms with Crippen molar-refractivity contribution in [3.63, 3.8) is 0 Å². The van der Waals surface area contributed by atoms with E-state index in [-0.39, 0.29) is 56.9 Å². The second kappa shape index (κ2) is 6.57. The quantitative estimate of drug-likeness (QED) is 0.569. The van der Waals surface area contributed by atoms with Crippen LogP contribution < -0.4 is 62.1 Å². The summed E-state index contributed by atoms with van der Waals surface area (Å²) in [6, 6.07) is 3.31. The number of nitrogens with one attached hydrogen (secondary N) is 1.